The molecule has 2 aromatic rings. The molecular formula is C15H17BrN2O4S2. The standard InChI is InChI=1S/C15H17BrN2O4S2/c1-22-6-5-18-24(20,21)12-2-3-14(16)13(8-12)15(19)17-9-11-4-7-23-10-11/h2-4,7-8,10,18H,5-6,9H2,1H3,(H,17,19). The van der Waals surface area contributed by atoms with Crippen LogP contribution in [0.1, 0.15) is 15.9 Å². The fourth-order valence-corrected chi connectivity index (χ4v) is 4.01. The molecule has 2 N–H and O–H groups in total. The Kier molecular flexibility index (Phi) is 6.93. The summed E-state index contributed by atoms with van der Waals surface area (Å²) in [5.41, 5.74) is 1.26. The van der Waals surface area contributed by atoms with Crippen molar-refractivity contribution in [1.82, 2.24) is 10.0 Å². The van der Waals surface area contributed by atoms with Crippen LogP contribution in [0.25, 0.3) is 0 Å². The minimum Gasteiger partial charge on any atom is -0.383 e. The van der Waals surface area contributed by atoms with E-state index in [1.54, 1.807) is 17.4 Å². The second-order valence-electron chi connectivity index (χ2n) is 4.85. The van der Waals surface area contributed by atoms with E-state index in [2.05, 4.69) is 26.0 Å². The van der Waals surface area contributed by atoms with Crippen molar-refractivity contribution in [3.8, 4) is 0 Å². The van der Waals surface area contributed by atoms with Gasteiger partial charge < -0.3 is 10.1 Å². The number of methoxy groups -OCH3 is 1. The van der Waals surface area contributed by atoms with Gasteiger partial charge in [0.05, 0.1) is 17.1 Å². The van der Waals surface area contributed by atoms with Crippen molar-refractivity contribution in [3.05, 3.63) is 50.6 Å². The van der Waals surface area contributed by atoms with Crippen molar-refractivity contribution in [3.63, 3.8) is 0 Å². The predicted octanol–water partition coefficient (Wildman–Crippen LogP) is 2.37. The van der Waals surface area contributed by atoms with Gasteiger partial charge in [-0.15, -0.1) is 0 Å². The average molecular weight is 433 g/mol. The van der Waals surface area contributed by atoms with Gasteiger partial charge in [-0.25, -0.2) is 13.1 Å². The topological polar surface area (TPSA) is 84.5 Å². The Labute approximate surface area is 153 Å². The molecule has 2 rings (SSSR count). The highest BCUT2D eigenvalue weighted by Gasteiger charge is 2.18. The molecule has 1 aromatic carbocycles. The lowest BCUT2D eigenvalue weighted by molar-refractivity contribution is 0.0950. The number of thiophene rings is 1. The van der Waals surface area contributed by atoms with Crippen molar-refractivity contribution >= 4 is 43.2 Å². The van der Waals surface area contributed by atoms with Crippen molar-refractivity contribution in [2.75, 3.05) is 20.3 Å². The lowest BCUT2D eigenvalue weighted by atomic mass is 10.2. The highest BCUT2D eigenvalue weighted by atomic mass is 79.9. The lowest BCUT2D eigenvalue weighted by Gasteiger charge is -2.10. The molecular weight excluding hydrogens is 416 g/mol. The van der Waals surface area contributed by atoms with Gasteiger partial charge in [-0.3, -0.25) is 4.79 Å². The van der Waals surface area contributed by atoms with Crippen molar-refractivity contribution < 1.29 is 17.9 Å². The molecule has 130 valence electrons. The van der Waals surface area contributed by atoms with Gasteiger partial charge in [0.1, 0.15) is 0 Å². The molecule has 0 fully saturated rings. The molecule has 0 spiro atoms. The molecule has 9 heteroatoms. The number of ether oxygens (including phenoxy) is 1. The number of benzene rings is 1. The molecule has 0 unspecified atom stereocenters. The molecule has 24 heavy (non-hydrogen) atoms. The summed E-state index contributed by atoms with van der Waals surface area (Å²) in [6.07, 6.45) is 0. The fraction of sp³-hybridized carbons (Fsp3) is 0.267. The van der Waals surface area contributed by atoms with E-state index in [9.17, 15) is 13.2 Å². The zero-order valence-corrected chi connectivity index (χ0v) is 16.1. The molecule has 1 aromatic heterocycles. The smallest absolute Gasteiger partial charge is 0.252 e. The Hall–Kier alpha value is -1.26. The summed E-state index contributed by atoms with van der Waals surface area (Å²) in [5, 5.41) is 6.64. The van der Waals surface area contributed by atoms with Crippen LogP contribution in [-0.4, -0.2) is 34.6 Å². The fourth-order valence-electron chi connectivity index (χ4n) is 1.88. The minimum absolute atomic E-state index is 0.0301. The van der Waals surface area contributed by atoms with Crippen molar-refractivity contribution in [2.24, 2.45) is 0 Å². The molecule has 0 aliphatic carbocycles. The Balaban J connectivity index is 2.14. The number of hydrogen-bond donors (Lipinski definition) is 2. The van der Waals surface area contributed by atoms with Gasteiger partial charge in [0.2, 0.25) is 10.0 Å². The van der Waals surface area contributed by atoms with Crippen LogP contribution in [0.5, 0.6) is 0 Å². The maximum Gasteiger partial charge on any atom is 0.252 e. The second-order valence-corrected chi connectivity index (χ2v) is 8.25. The Morgan fingerprint density at radius 1 is 1.33 bits per heavy atom. The van der Waals surface area contributed by atoms with Gasteiger partial charge in [-0.1, -0.05) is 0 Å². The number of rotatable bonds is 8. The minimum atomic E-state index is -3.69. The molecule has 1 heterocycles. The van der Waals surface area contributed by atoms with Crippen LogP contribution in [0.15, 0.2) is 44.4 Å². The van der Waals surface area contributed by atoms with Crippen LogP contribution in [0.4, 0.5) is 0 Å². The molecule has 0 atom stereocenters. The van der Waals surface area contributed by atoms with E-state index in [4.69, 9.17) is 4.74 Å². The van der Waals surface area contributed by atoms with Crippen molar-refractivity contribution in [2.45, 2.75) is 11.4 Å². The van der Waals surface area contributed by atoms with E-state index in [-0.39, 0.29) is 29.5 Å². The van der Waals surface area contributed by atoms with E-state index >= 15 is 0 Å². The number of nitrogens with one attached hydrogen (secondary N) is 2. The van der Waals surface area contributed by atoms with Gasteiger partial charge >= 0.3 is 0 Å². The zero-order valence-electron chi connectivity index (χ0n) is 12.9. The number of amides is 1. The average Bonchev–Trinajstić information content (AvgIpc) is 3.06. The first-order chi connectivity index (χ1) is 11.4. The molecule has 0 radical (unpaired) electrons. The number of sulfonamides is 1. The molecule has 0 saturated carbocycles. The van der Waals surface area contributed by atoms with Gasteiger partial charge in [0.15, 0.2) is 0 Å². The summed E-state index contributed by atoms with van der Waals surface area (Å²) in [4.78, 5) is 12.4. The van der Waals surface area contributed by atoms with Gasteiger partial charge in [-0.05, 0) is 56.5 Å². The third kappa shape index (κ3) is 5.12. The van der Waals surface area contributed by atoms with E-state index < -0.39 is 10.0 Å². The van der Waals surface area contributed by atoms with E-state index in [0.29, 0.717) is 11.0 Å². The van der Waals surface area contributed by atoms with E-state index in [1.165, 1.54) is 19.2 Å². The first-order valence-electron chi connectivity index (χ1n) is 7.01. The first-order valence-corrected chi connectivity index (χ1v) is 10.2. The number of hydrogen-bond acceptors (Lipinski definition) is 5. The monoisotopic (exact) mass is 432 g/mol. The largest absolute Gasteiger partial charge is 0.383 e. The van der Waals surface area contributed by atoms with Crippen LogP contribution in [0.2, 0.25) is 0 Å². The summed E-state index contributed by atoms with van der Waals surface area (Å²) in [6.45, 7) is 0.816. The molecule has 1 amide bonds. The van der Waals surface area contributed by atoms with Crippen LogP contribution >= 0.6 is 27.3 Å². The number of carbonyl (C=O) groups excluding carboxylic acids is 1. The lowest BCUT2D eigenvalue weighted by Crippen LogP contribution is -2.28. The normalized spacial score (nSPS) is 11.4. The second kappa shape index (κ2) is 8.72. The van der Waals surface area contributed by atoms with E-state index in [0.717, 1.165) is 5.56 Å². The summed E-state index contributed by atoms with van der Waals surface area (Å²) in [5.74, 6) is -0.345. The highest BCUT2D eigenvalue weighted by molar-refractivity contribution is 9.10. The molecule has 0 aliphatic heterocycles. The Morgan fingerprint density at radius 3 is 2.79 bits per heavy atom. The van der Waals surface area contributed by atoms with Gasteiger partial charge in [0, 0.05) is 24.7 Å². The molecule has 0 bridgehead atoms. The summed E-state index contributed by atoms with van der Waals surface area (Å²) in [7, 11) is -2.20. The maximum atomic E-state index is 12.3. The summed E-state index contributed by atoms with van der Waals surface area (Å²) in [6, 6.07) is 6.25. The molecule has 0 saturated heterocycles. The third-order valence-electron chi connectivity index (χ3n) is 3.12. The van der Waals surface area contributed by atoms with Gasteiger partial charge in [-0.2, -0.15) is 11.3 Å². The van der Waals surface area contributed by atoms with Crippen LogP contribution in [0.3, 0.4) is 0 Å². The SMILES string of the molecule is COCCNS(=O)(=O)c1ccc(Br)c(C(=O)NCc2ccsc2)c1. The van der Waals surface area contributed by atoms with E-state index in [1.807, 2.05) is 16.8 Å². The first kappa shape index (κ1) is 19.1. The Bertz CT molecular complexity index is 792. The predicted molar refractivity (Wildman–Crippen MR) is 96.7 cm³/mol. The van der Waals surface area contributed by atoms with Crippen LogP contribution in [0, 0.1) is 0 Å². The highest BCUT2D eigenvalue weighted by Crippen LogP contribution is 2.21. The van der Waals surface area contributed by atoms with Crippen LogP contribution in [-0.2, 0) is 21.3 Å². The molecule has 0 aliphatic rings. The quantitative estimate of drug-likeness (QED) is 0.627. The van der Waals surface area contributed by atoms with Crippen LogP contribution < -0.4 is 10.0 Å². The molecule has 6 nitrogen and oxygen atoms in total. The zero-order chi connectivity index (χ0) is 17.6. The third-order valence-corrected chi connectivity index (χ3v) is 6.01. The number of halogens is 1. The van der Waals surface area contributed by atoms with Crippen molar-refractivity contribution in [1.29, 1.82) is 0 Å². The number of carbonyl (C=O) groups is 1. The Morgan fingerprint density at radius 2 is 2.12 bits per heavy atom. The maximum absolute atomic E-state index is 12.3. The summed E-state index contributed by atoms with van der Waals surface area (Å²) < 4.78 is 32.2. The summed E-state index contributed by atoms with van der Waals surface area (Å²) >= 11 is 4.83. The van der Waals surface area contributed by atoms with Gasteiger partial charge in [0.25, 0.3) is 5.91 Å².